The number of hydrogen-bond donors (Lipinski definition) is 1. The number of rotatable bonds is 1. The van der Waals surface area contributed by atoms with E-state index in [-0.39, 0.29) is 5.60 Å². The lowest BCUT2D eigenvalue weighted by molar-refractivity contribution is -0.0905. The van der Waals surface area contributed by atoms with Gasteiger partial charge in [-0.1, -0.05) is 19.8 Å². The van der Waals surface area contributed by atoms with Crippen LogP contribution in [0.1, 0.15) is 46.5 Å². The van der Waals surface area contributed by atoms with Crippen LogP contribution in [0.5, 0.6) is 0 Å². The van der Waals surface area contributed by atoms with Crippen molar-refractivity contribution in [2.75, 3.05) is 13.2 Å². The predicted octanol–water partition coefficient (Wildman–Crippen LogP) is 2.58. The van der Waals surface area contributed by atoms with Crippen molar-refractivity contribution in [2.45, 2.75) is 58.1 Å². The molecule has 1 heterocycles. The Morgan fingerprint density at radius 3 is 2.40 bits per heavy atom. The Bertz CT molecular complexity index is 207. The molecular formula is C13H25NO. The molecule has 2 aliphatic rings. The molecule has 1 N–H and O–H groups in total. The van der Waals surface area contributed by atoms with E-state index in [4.69, 9.17) is 4.74 Å². The van der Waals surface area contributed by atoms with Gasteiger partial charge in [-0.2, -0.15) is 0 Å². The van der Waals surface area contributed by atoms with Crippen molar-refractivity contribution >= 4 is 0 Å². The third kappa shape index (κ3) is 2.54. The second-order valence-corrected chi connectivity index (χ2v) is 5.90. The molecule has 0 spiro atoms. The standard InChI is InChI=1S/C13H25NO/c1-10-4-6-11(7-5-10)12-13(2,3)15-9-8-14-12/h10-12,14H,4-9H2,1-3H3. The Kier molecular flexibility index (Phi) is 3.36. The Hall–Kier alpha value is -0.0800. The summed E-state index contributed by atoms with van der Waals surface area (Å²) in [5.74, 6) is 1.77. The van der Waals surface area contributed by atoms with Crippen LogP contribution in [0, 0.1) is 11.8 Å². The predicted molar refractivity (Wildman–Crippen MR) is 62.9 cm³/mol. The molecule has 1 unspecified atom stereocenters. The molecule has 2 nitrogen and oxygen atoms in total. The molecule has 2 fully saturated rings. The maximum atomic E-state index is 5.90. The van der Waals surface area contributed by atoms with Crippen molar-refractivity contribution in [2.24, 2.45) is 11.8 Å². The highest BCUT2D eigenvalue weighted by Crippen LogP contribution is 2.35. The summed E-state index contributed by atoms with van der Waals surface area (Å²) in [7, 11) is 0. The first kappa shape index (κ1) is 11.4. The number of hydrogen-bond acceptors (Lipinski definition) is 2. The Labute approximate surface area is 93.8 Å². The van der Waals surface area contributed by atoms with Gasteiger partial charge in [0, 0.05) is 12.6 Å². The van der Waals surface area contributed by atoms with Crippen molar-refractivity contribution in [1.82, 2.24) is 5.32 Å². The minimum absolute atomic E-state index is 0.0312. The summed E-state index contributed by atoms with van der Waals surface area (Å²) >= 11 is 0. The smallest absolute Gasteiger partial charge is 0.0782 e. The molecule has 1 atom stereocenters. The molecule has 15 heavy (non-hydrogen) atoms. The van der Waals surface area contributed by atoms with Gasteiger partial charge in [0.15, 0.2) is 0 Å². The zero-order valence-corrected chi connectivity index (χ0v) is 10.4. The molecule has 0 bridgehead atoms. The summed E-state index contributed by atoms with van der Waals surface area (Å²) < 4.78 is 5.90. The number of nitrogens with one attached hydrogen (secondary N) is 1. The Morgan fingerprint density at radius 1 is 1.13 bits per heavy atom. The molecule has 0 aromatic rings. The van der Waals surface area contributed by atoms with E-state index in [0.717, 1.165) is 25.0 Å². The van der Waals surface area contributed by atoms with Crippen LogP contribution in [-0.2, 0) is 4.74 Å². The second kappa shape index (κ2) is 4.42. The summed E-state index contributed by atoms with van der Waals surface area (Å²) in [6.45, 7) is 8.75. The van der Waals surface area contributed by atoms with Crippen LogP contribution in [0.3, 0.4) is 0 Å². The van der Waals surface area contributed by atoms with Crippen molar-refractivity contribution in [1.29, 1.82) is 0 Å². The summed E-state index contributed by atoms with van der Waals surface area (Å²) in [5, 5.41) is 3.67. The van der Waals surface area contributed by atoms with E-state index in [9.17, 15) is 0 Å². The molecule has 0 aromatic carbocycles. The van der Waals surface area contributed by atoms with Crippen LogP contribution in [-0.4, -0.2) is 24.8 Å². The zero-order valence-electron chi connectivity index (χ0n) is 10.4. The molecule has 1 saturated carbocycles. The first-order valence-corrected chi connectivity index (χ1v) is 6.47. The van der Waals surface area contributed by atoms with Crippen molar-refractivity contribution < 1.29 is 4.74 Å². The minimum Gasteiger partial charge on any atom is -0.373 e. The zero-order chi connectivity index (χ0) is 10.9. The monoisotopic (exact) mass is 211 g/mol. The second-order valence-electron chi connectivity index (χ2n) is 5.90. The van der Waals surface area contributed by atoms with Gasteiger partial charge in [-0.05, 0) is 38.5 Å². The third-order valence-electron chi connectivity index (χ3n) is 4.22. The first-order chi connectivity index (χ1) is 7.09. The average Bonchev–Trinajstić information content (AvgIpc) is 2.19. The normalized spacial score (nSPS) is 41.4. The van der Waals surface area contributed by atoms with Crippen molar-refractivity contribution in [3.8, 4) is 0 Å². The van der Waals surface area contributed by atoms with Gasteiger partial charge >= 0.3 is 0 Å². The van der Waals surface area contributed by atoms with Crippen LogP contribution >= 0.6 is 0 Å². The van der Waals surface area contributed by atoms with Gasteiger partial charge in [-0.25, -0.2) is 0 Å². The SMILES string of the molecule is CC1CCC(C2NCCOC2(C)C)CC1. The van der Waals surface area contributed by atoms with Crippen LogP contribution < -0.4 is 5.32 Å². The molecule has 2 rings (SSSR count). The maximum Gasteiger partial charge on any atom is 0.0782 e. The molecule has 0 aromatic heterocycles. The molecular weight excluding hydrogens is 186 g/mol. The highest BCUT2D eigenvalue weighted by molar-refractivity contribution is 4.94. The fourth-order valence-electron chi connectivity index (χ4n) is 3.22. The summed E-state index contributed by atoms with van der Waals surface area (Å²) in [5.41, 5.74) is 0.0312. The quantitative estimate of drug-likeness (QED) is 0.720. The van der Waals surface area contributed by atoms with Crippen molar-refractivity contribution in [3.05, 3.63) is 0 Å². The lowest BCUT2D eigenvalue weighted by Gasteiger charge is -2.45. The van der Waals surface area contributed by atoms with Crippen LogP contribution in [0.2, 0.25) is 0 Å². The van der Waals surface area contributed by atoms with Gasteiger partial charge in [0.05, 0.1) is 12.2 Å². The van der Waals surface area contributed by atoms with Gasteiger partial charge in [0.2, 0.25) is 0 Å². The van der Waals surface area contributed by atoms with Crippen LogP contribution in [0.4, 0.5) is 0 Å². The highest BCUT2D eigenvalue weighted by Gasteiger charge is 2.39. The van der Waals surface area contributed by atoms with Crippen LogP contribution in [0.15, 0.2) is 0 Å². The highest BCUT2D eigenvalue weighted by atomic mass is 16.5. The fourth-order valence-corrected chi connectivity index (χ4v) is 3.22. The fraction of sp³-hybridized carbons (Fsp3) is 1.00. The molecule has 88 valence electrons. The van der Waals surface area contributed by atoms with Gasteiger partial charge in [-0.15, -0.1) is 0 Å². The summed E-state index contributed by atoms with van der Waals surface area (Å²) in [6, 6.07) is 0.568. The van der Waals surface area contributed by atoms with Gasteiger partial charge < -0.3 is 10.1 Å². The lowest BCUT2D eigenvalue weighted by Crippen LogP contribution is -2.58. The van der Waals surface area contributed by atoms with Gasteiger partial charge in [0.1, 0.15) is 0 Å². The Morgan fingerprint density at radius 2 is 1.80 bits per heavy atom. The molecule has 1 saturated heterocycles. The van der Waals surface area contributed by atoms with Crippen molar-refractivity contribution in [3.63, 3.8) is 0 Å². The lowest BCUT2D eigenvalue weighted by atomic mass is 9.74. The topological polar surface area (TPSA) is 21.3 Å². The third-order valence-corrected chi connectivity index (χ3v) is 4.22. The van der Waals surface area contributed by atoms with E-state index >= 15 is 0 Å². The average molecular weight is 211 g/mol. The number of ether oxygens (including phenoxy) is 1. The minimum atomic E-state index is 0.0312. The van der Waals surface area contributed by atoms with Gasteiger partial charge in [0.25, 0.3) is 0 Å². The van der Waals surface area contributed by atoms with E-state index in [1.54, 1.807) is 0 Å². The molecule has 1 aliphatic carbocycles. The van der Waals surface area contributed by atoms with E-state index < -0.39 is 0 Å². The Balaban J connectivity index is 1.96. The van der Waals surface area contributed by atoms with Gasteiger partial charge in [-0.3, -0.25) is 0 Å². The summed E-state index contributed by atoms with van der Waals surface area (Å²) in [6.07, 6.45) is 5.56. The van der Waals surface area contributed by atoms with E-state index in [0.29, 0.717) is 6.04 Å². The molecule has 0 amide bonds. The van der Waals surface area contributed by atoms with E-state index in [1.807, 2.05) is 0 Å². The maximum absolute atomic E-state index is 5.90. The number of morpholine rings is 1. The molecule has 0 radical (unpaired) electrons. The largest absolute Gasteiger partial charge is 0.373 e. The van der Waals surface area contributed by atoms with Crippen LogP contribution in [0.25, 0.3) is 0 Å². The summed E-state index contributed by atoms with van der Waals surface area (Å²) in [4.78, 5) is 0. The molecule has 2 heteroatoms. The first-order valence-electron chi connectivity index (χ1n) is 6.47. The molecule has 1 aliphatic heterocycles. The van der Waals surface area contributed by atoms with E-state index in [2.05, 4.69) is 26.1 Å². The van der Waals surface area contributed by atoms with E-state index in [1.165, 1.54) is 25.7 Å².